The molecule has 0 atom stereocenters. The molecule has 0 aliphatic rings. The SMILES string of the molecule is C[Si](C)(C)CCOCn1cnc(-c2ccc3ncc(-c4cn[nH]c4)cc3c2)c1-c1ccc(F)c(F)c1. The van der Waals surface area contributed by atoms with Gasteiger partial charge in [0.2, 0.25) is 0 Å². The number of aromatic nitrogens is 5. The number of imidazole rings is 1. The lowest BCUT2D eigenvalue weighted by atomic mass is 10.0. The smallest absolute Gasteiger partial charge is 0.159 e. The fraction of sp³-hybridized carbons (Fsp3) is 0.222. The number of ether oxygens (including phenoxy) is 1. The van der Waals surface area contributed by atoms with Gasteiger partial charge in [-0.25, -0.2) is 13.8 Å². The molecule has 3 aromatic heterocycles. The zero-order chi connectivity index (χ0) is 25.3. The Bertz CT molecular complexity index is 1510. The molecule has 0 amide bonds. The van der Waals surface area contributed by atoms with Crippen LogP contribution >= 0.6 is 0 Å². The summed E-state index contributed by atoms with van der Waals surface area (Å²) >= 11 is 0. The van der Waals surface area contributed by atoms with E-state index in [1.54, 1.807) is 18.6 Å². The predicted molar refractivity (Wildman–Crippen MR) is 140 cm³/mol. The second kappa shape index (κ2) is 9.75. The normalized spacial score (nSPS) is 11.9. The average Bonchev–Trinajstić information content (AvgIpc) is 3.53. The Morgan fingerprint density at radius 2 is 1.69 bits per heavy atom. The molecule has 184 valence electrons. The van der Waals surface area contributed by atoms with Gasteiger partial charge in [-0.3, -0.25) is 10.1 Å². The van der Waals surface area contributed by atoms with Gasteiger partial charge >= 0.3 is 0 Å². The van der Waals surface area contributed by atoms with Gasteiger partial charge < -0.3 is 9.30 Å². The summed E-state index contributed by atoms with van der Waals surface area (Å²) in [5, 5.41) is 7.77. The zero-order valence-electron chi connectivity index (χ0n) is 20.4. The predicted octanol–water partition coefficient (Wildman–Crippen LogP) is 6.75. The first-order valence-corrected chi connectivity index (χ1v) is 15.5. The van der Waals surface area contributed by atoms with Crippen molar-refractivity contribution in [2.45, 2.75) is 32.4 Å². The maximum absolute atomic E-state index is 14.2. The van der Waals surface area contributed by atoms with Gasteiger partial charge in [-0.1, -0.05) is 25.7 Å². The van der Waals surface area contributed by atoms with E-state index in [2.05, 4.69) is 39.8 Å². The summed E-state index contributed by atoms with van der Waals surface area (Å²) < 4.78 is 35.7. The third-order valence-electron chi connectivity index (χ3n) is 6.04. The maximum Gasteiger partial charge on any atom is 0.159 e. The number of benzene rings is 2. The van der Waals surface area contributed by atoms with Gasteiger partial charge in [0.1, 0.15) is 6.73 Å². The number of nitrogens with one attached hydrogen (secondary N) is 1. The zero-order valence-corrected chi connectivity index (χ0v) is 21.4. The molecule has 0 fully saturated rings. The number of fused-ring (bicyclic) bond motifs is 1. The van der Waals surface area contributed by atoms with E-state index in [4.69, 9.17) is 4.74 Å². The summed E-state index contributed by atoms with van der Waals surface area (Å²) in [6, 6.07) is 12.9. The van der Waals surface area contributed by atoms with Crippen molar-refractivity contribution < 1.29 is 13.5 Å². The van der Waals surface area contributed by atoms with Gasteiger partial charge in [0.25, 0.3) is 0 Å². The van der Waals surface area contributed by atoms with Crippen LogP contribution < -0.4 is 0 Å². The molecule has 6 nitrogen and oxygen atoms in total. The summed E-state index contributed by atoms with van der Waals surface area (Å²) in [6.07, 6.45) is 7.06. The topological polar surface area (TPSA) is 68.6 Å². The first-order valence-electron chi connectivity index (χ1n) is 11.8. The molecule has 5 rings (SSSR count). The van der Waals surface area contributed by atoms with E-state index in [1.807, 2.05) is 41.2 Å². The lowest BCUT2D eigenvalue weighted by Gasteiger charge is -2.16. The van der Waals surface area contributed by atoms with Crippen LogP contribution in [0.1, 0.15) is 0 Å². The largest absolute Gasteiger partial charge is 0.361 e. The van der Waals surface area contributed by atoms with E-state index in [0.717, 1.165) is 39.7 Å². The third kappa shape index (κ3) is 5.12. The molecule has 0 saturated carbocycles. The lowest BCUT2D eigenvalue weighted by molar-refractivity contribution is 0.0882. The molecule has 0 saturated heterocycles. The molecule has 0 aliphatic heterocycles. The minimum Gasteiger partial charge on any atom is -0.361 e. The summed E-state index contributed by atoms with van der Waals surface area (Å²) in [5.41, 5.74) is 5.42. The Balaban J connectivity index is 1.55. The first kappa shape index (κ1) is 24.0. The highest BCUT2D eigenvalue weighted by Crippen LogP contribution is 2.34. The van der Waals surface area contributed by atoms with E-state index in [1.165, 1.54) is 6.07 Å². The molecular weight excluding hydrogens is 476 g/mol. The Kier molecular flexibility index (Phi) is 6.51. The van der Waals surface area contributed by atoms with Gasteiger partial charge in [0, 0.05) is 54.7 Å². The van der Waals surface area contributed by atoms with E-state index in [9.17, 15) is 8.78 Å². The number of pyridine rings is 1. The number of hydrogen-bond donors (Lipinski definition) is 1. The minimum absolute atomic E-state index is 0.269. The Morgan fingerprint density at radius 3 is 2.44 bits per heavy atom. The molecule has 0 bridgehead atoms. The number of hydrogen-bond acceptors (Lipinski definition) is 4. The average molecular weight is 504 g/mol. The molecule has 9 heteroatoms. The molecular formula is C27H27F2N5OSi. The minimum atomic E-state index is -1.24. The van der Waals surface area contributed by atoms with Crippen LogP contribution in [0.25, 0.3) is 44.5 Å². The summed E-state index contributed by atoms with van der Waals surface area (Å²) in [4.78, 5) is 9.23. The maximum atomic E-state index is 14.2. The van der Waals surface area contributed by atoms with Crippen molar-refractivity contribution >= 4 is 19.0 Å². The molecule has 0 unspecified atom stereocenters. The van der Waals surface area contributed by atoms with Gasteiger partial charge in [0.15, 0.2) is 11.6 Å². The number of aromatic amines is 1. The van der Waals surface area contributed by atoms with Crippen LogP contribution in [0, 0.1) is 11.6 Å². The molecule has 1 N–H and O–H groups in total. The van der Waals surface area contributed by atoms with Crippen molar-refractivity contribution in [2.24, 2.45) is 0 Å². The van der Waals surface area contributed by atoms with Crippen LogP contribution in [0.2, 0.25) is 25.7 Å². The first-order chi connectivity index (χ1) is 17.3. The lowest BCUT2D eigenvalue weighted by Crippen LogP contribution is -2.22. The van der Waals surface area contributed by atoms with Crippen LogP contribution in [0.3, 0.4) is 0 Å². The Hall–Kier alpha value is -3.69. The molecule has 3 heterocycles. The quantitative estimate of drug-likeness (QED) is 0.188. The van der Waals surface area contributed by atoms with Gasteiger partial charge in [-0.2, -0.15) is 5.10 Å². The Labute approximate surface area is 209 Å². The van der Waals surface area contributed by atoms with Crippen molar-refractivity contribution in [1.29, 1.82) is 0 Å². The van der Waals surface area contributed by atoms with Crippen molar-refractivity contribution in [3.8, 4) is 33.6 Å². The van der Waals surface area contributed by atoms with Crippen LogP contribution in [0.15, 0.2) is 67.4 Å². The highest BCUT2D eigenvalue weighted by atomic mass is 28.3. The van der Waals surface area contributed by atoms with E-state index >= 15 is 0 Å². The summed E-state index contributed by atoms with van der Waals surface area (Å²) in [6.45, 7) is 7.80. The number of nitrogens with zero attached hydrogens (tertiary/aromatic N) is 4. The van der Waals surface area contributed by atoms with E-state index < -0.39 is 19.7 Å². The Morgan fingerprint density at radius 1 is 0.889 bits per heavy atom. The van der Waals surface area contributed by atoms with Crippen LogP contribution in [-0.4, -0.2) is 39.4 Å². The van der Waals surface area contributed by atoms with Crippen molar-refractivity contribution in [3.63, 3.8) is 0 Å². The van der Waals surface area contributed by atoms with Crippen LogP contribution in [0.4, 0.5) is 8.78 Å². The van der Waals surface area contributed by atoms with Crippen molar-refractivity contribution in [1.82, 2.24) is 24.7 Å². The van der Waals surface area contributed by atoms with E-state index in [0.29, 0.717) is 23.6 Å². The number of H-pyrrole nitrogens is 1. The van der Waals surface area contributed by atoms with Crippen LogP contribution in [0.5, 0.6) is 0 Å². The van der Waals surface area contributed by atoms with Crippen molar-refractivity contribution in [3.05, 3.63) is 79.0 Å². The summed E-state index contributed by atoms with van der Waals surface area (Å²) in [7, 11) is -1.24. The highest BCUT2D eigenvalue weighted by molar-refractivity contribution is 6.76. The standard InChI is InChI=1S/C27H27F2N5OSi/c1-36(2,3)9-8-35-17-34-16-31-26(27(34)19-4-6-23(28)24(29)12-19)18-5-7-25-20(10-18)11-21(13-30-25)22-14-32-33-15-22/h4-7,10-16H,8-9,17H2,1-3H3,(H,32,33). The van der Waals surface area contributed by atoms with Gasteiger partial charge in [-0.15, -0.1) is 0 Å². The van der Waals surface area contributed by atoms with Gasteiger partial charge in [0.05, 0.1) is 29.4 Å². The monoisotopic (exact) mass is 503 g/mol. The van der Waals surface area contributed by atoms with Crippen molar-refractivity contribution in [2.75, 3.05) is 6.61 Å². The van der Waals surface area contributed by atoms with E-state index in [-0.39, 0.29) is 6.73 Å². The molecule has 36 heavy (non-hydrogen) atoms. The van der Waals surface area contributed by atoms with Gasteiger partial charge in [-0.05, 0) is 42.4 Å². The summed E-state index contributed by atoms with van der Waals surface area (Å²) in [5.74, 6) is -1.79. The molecule has 0 radical (unpaired) electrons. The fourth-order valence-corrected chi connectivity index (χ4v) is 4.78. The molecule has 0 spiro atoms. The number of rotatable bonds is 8. The second-order valence-electron chi connectivity index (χ2n) is 10.0. The fourth-order valence-electron chi connectivity index (χ4n) is 4.02. The van der Waals surface area contributed by atoms with Crippen LogP contribution in [-0.2, 0) is 11.5 Å². The molecule has 5 aromatic rings. The number of halogens is 2. The second-order valence-corrected chi connectivity index (χ2v) is 15.6. The molecule has 2 aromatic carbocycles. The highest BCUT2D eigenvalue weighted by Gasteiger charge is 2.18. The third-order valence-corrected chi connectivity index (χ3v) is 7.75. The molecule has 0 aliphatic carbocycles.